The first-order chi connectivity index (χ1) is 9.34. The number of hydrogen-bond acceptors (Lipinski definition) is 4. The fourth-order valence-corrected chi connectivity index (χ4v) is 2.03. The highest BCUT2D eigenvalue weighted by molar-refractivity contribution is 5.98. The summed E-state index contributed by atoms with van der Waals surface area (Å²) in [5, 5.41) is 1.01. The number of rotatable bonds is 3. The van der Waals surface area contributed by atoms with Gasteiger partial charge in [-0.05, 0) is 23.8 Å². The number of Topliss-reactive ketones (excluding diaryl/α,β-unsaturated/α-hetero) is 1. The molecule has 0 spiro atoms. The van der Waals surface area contributed by atoms with Gasteiger partial charge in [-0.15, -0.1) is 0 Å². The number of para-hydroxylation sites is 1. The highest BCUT2D eigenvalue weighted by Crippen LogP contribution is 2.17. The third kappa shape index (κ3) is 2.33. The standard InChI is InChI=1S/C15H11N3O/c19-15(14-6-7-16-10-18-14)9-11-5-8-17-13-4-2-1-3-12(11)13/h1-8,10H,9H2. The second-order valence-electron chi connectivity index (χ2n) is 4.18. The first kappa shape index (κ1) is 11.5. The Morgan fingerprint density at radius 3 is 2.74 bits per heavy atom. The molecule has 19 heavy (non-hydrogen) atoms. The second kappa shape index (κ2) is 4.94. The third-order valence-electron chi connectivity index (χ3n) is 2.96. The Labute approximate surface area is 110 Å². The SMILES string of the molecule is O=C(Cc1ccnc2ccccc12)c1ccncn1. The first-order valence-electron chi connectivity index (χ1n) is 5.96. The van der Waals surface area contributed by atoms with Crippen LogP contribution in [0.5, 0.6) is 0 Å². The van der Waals surface area contributed by atoms with E-state index in [-0.39, 0.29) is 5.78 Å². The highest BCUT2D eigenvalue weighted by atomic mass is 16.1. The molecule has 0 saturated heterocycles. The van der Waals surface area contributed by atoms with Crippen molar-refractivity contribution in [3.63, 3.8) is 0 Å². The average molecular weight is 249 g/mol. The summed E-state index contributed by atoms with van der Waals surface area (Å²) in [5.41, 5.74) is 2.31. The largest absolute Gasteiger partial charge is 0.292 e. The Balaban J connectivity index is 1.96. The molecule has 0 bridgehead atoms. The quantitative estimate of drug-likeness (QED) is 0.669. The molecule has 0 N–H and O–H groups in total. The molecule has 0 radical (unpaired) electrons. The minimum atomic E-state index is -0.0150. The maximum atomic E-state index is 12.1. The molecular formula is C15H11N3O. The van der Waals surface area contributed by atoms with Gasteiger partial charge in [-0.2, -0.15) is 0 Å². The number of ketones is 1. The van der Waals surface area contributed by atoms with Gasteiger partial charge in [0.15, 0.2) is 5.78 Å². The number of hydrogen-bond donors (Lipinski definition) is 0. The topological polar surface area (TPSA) is 55.7 Å². The molecule has 0 aliphatic heterocycles. The monoisotopic (exact) mass is 249 g/mol. The fourth-order valence-electron chi connectivity index (χ4n) is 2.03. The molecule has 0 aliphatic rings. The van der Waals surface area contributed by atoms with Gasteiger partial charge in [-0.25, -0.2) is 9.97 Å². The summed E-state index contributed by atoms with van der Waals surface area (Å²) in [7, 11) is 0. The fraction of sp³-hybridized carbons (Fsp3) is 0.0667. The van der Waals surface area contributed by atoms with E-state index in [1.165, 1.54) is 6.33 Å². The van der Waals surface area contributed by atoms with Crippen LogP contribution in [-0.4, -0.2) is 20.7 Å². The smallest absolute Gasteiger partial charge is 0.185 e. The minimum absolute atomic E-state index is 0.0150. The van der Waals surface area contributed by atoms with Crippen LogP contribution in [0.15, 0.2) is 55.1 Å². The number of pyridine rings is 1. The second-order valence-corrected chi connectivity index (χ2v) is 4.18. The van der Waals surface area contributed by atoms with E-state index in [0.717, 1.165) is 16.5 Å². The van der Waals surface area contributed by atoms with Crippen molar-refractivity contribution in [3.8, 4) is 0 Å². The molecule has 0 fully saturated rings. The number of aromatic nitrogens is 3. The van der Waals surface area contributed by atoms with Crippen molar-refractivity contribution in [3.05, 3.63) is 66.4 Å². The van der Waals surface area contributed by atoms with Gasteiger partial charge < -0.3 is 0 Å². The number of benzene rings is 1. The molecule has 0 unspecified atom stereocenters. The molecule has 2 aromatic heterocycles. The Bertz CT molecular complexity index is 720. The van der Waals surface area contributed by atoms with E-state index in [1.54, 1.807) is 18.5 Å². The summed E-state index contributed by atoms with van der Waals surface area (Å²) in [6, 6.07) is 11.3. The van der Waals surface area contributed by atoms with E-state index in [0.29, 0.717) is 12.1 Å². The molecule has 0 atom stereocenters. The van der Waals surface area contributed by atoms with E-state index < -0.39 is 0 Å². The lowest BCUT2D eigenvalue weighted by Crippen LogP contribution is -2.06. The van der Waals surface area contributed by atoms with Crippen LogP contribution in [0.25, 0.3) is 10.9 Å². The molecule has 0 amide bonds. The number of nitrogens with zero attached hydrogens (tertiary/aromatic N) is 3. The minimum Gasteiger partial charge on any atom is -0.292 e. The molecule has 4 nitrogen and oxygen atoms in total. The van der Waals surface area contributed by atoms with E-state index >= 15 is 0 Å². The van der Waals surface area contributed by atoms with Crippen molar-refractivity contribution in [1.29, 1.82) is 0 Å². The molecule has 2 heterocycles. The zero-order chi connectivity index (χ0) is 13.1. The lowest BCUT2D eigenvalue weighted by atomic mass is 10.0. The molecular weight excluding hydrogens is 238 g/mol. The van der Waals surface area contributed by atoms with Gasteiger partial charge in [0.2, 0.25) is 0 Å². The summed E-state index contributed by atoms with van der Waals surface area (Å²) in [6.45, 7) is 0. The summed E-state index contributed by atoms with van der Waals surface area (Å²) in [6.07, 6.45) is 5.01. The summed E-state index contributed by atoms with van der Waals surface area (Å²) in [4.78, 5) is 24.2. The van der Waals surface area contributed by atoms with Gasteiger partial charge >= 0.3 is 0 Å². The van der Waals surface area contributed by atoms with Crippen LogP contribution in [0.4, 0.5) is 0 Å². The van der Waals surface area contributed by atoms with Crippen LogP contribution in [0.2, 0.25) is 0 Å². The van der Waals surface area contributed by atoms with Gasteiger partial charge in [0, 0.05) is 24.2 Å². The first-order valence-corrected chi connectivity index (χ1v) is 5.96. The van der Waals surface area contributed by atoms with Gasteiger partial charge in [-0.1, -0.05) is 18.2 Å². The van der Waals surface area contributed by atoms with Crippen LogP contribution >= 0.6 is 0 Å². The summed E-state index contributed by atoms with van der Waals surface area (Å²) < 4.78 is 0. The molecule has 3 rings (SSSR count). The van der Waals surface area contributed by atoms with Crippen LogP contribution < -0.4 is 0 Å². The van der Waals surface area contributed by atoms with E-state index in [4.69, 9.17) is 0 Å². The molecule has 0 saturated carbocycles. The van der Waals surface area contributed by atoms with Crippen LogP contribution in [-0.2, 0) is 6.42 Å². The van der Waals surface area contributed by atoms with Gasteiger partial charge in [0.05, 0.1) is 5.52 Å². The Morgan fingerprint density at radius 2 is 1.89 bits per heavy atom. The van der Waals surface area contributed by atoms with Crippen LogP contribution in [0.1, 0.15) is 16.1 Å². The zero-order valence-corrected chi connectivity index (χ0v) is 10.2. The van der Waals surface area contributed by atoms with Crippen molar-refractivity contribution >= 4 is 16.7 Å². The predicted octanol–water partition coefficient (Wildman–Crippen LogP) is 2.45. The van der Waals surface area contributed by atoms with Crippen molar-refractivity contribution in [2.45, 2.75) is 6.42 Å². The number of fused-ring (bicyclic) bond motifs is 1. The van der Waals surface area contributed by atoms with Crippen molar-refractivity contribution in [2.24, 2.45) is 0 Å². The van der Waals surface area contributed by atoms with Gasteiger partial charge in [0.25, 0.3) is 0 Å². The number of carbonyl (C=O) groups is 1. The Kier molecular flexibility index (Phi) is 2.98. The highest BCUT2D eigenvalue weighted by Gasteiger charge is 2.10. The molecule has 0 aliphatic carbocycles. The van der Waals surface area contributed by atoms with Crippen molar-refractivity contribution < 1.29 is 4.79 Å². The Morgan fingerprint density at radius 1 is 1.00 bits per heavy atom. The average Bonchev–Trinajstić information content (AvgIpc) is 2.48. The van der Waals surface area contributed by atoms with Crippen molar-refractivity contribution in [2.75, 3.05) is 0 Å². The molecule has 3 aromatic rings. The van der Waals surface area contributed by atoms with Crippen molar-refractivity contribution in [1.82, 2.24) is 15.0 Å². The summed E-state index contributed by atoms with van der Waals surface area (Å²) in [5.74, 6) is -0.0150. The lowest BCUT2D eigenvalue weighted by molar-refractivity contribution is 0.0988. The van der Waals surface area contributed by atoms with E-state index in [1.807, 2.05) is 30.3 Å². The maximum Gasteiger partial charge on any atom is 0.185 e. The van der Waals surface area contributed by atoms with Gasteiger partial charge in [0.1, 0.15) is 12.0 Å². The normalized spacial score (nSPS) is 10.5. The zero-order valence-electron chi connectivity index (χ0n) is 10.2. The van der Waals surface area contributed by atoms with Gasteiger partial charge in [-0.3, -0.25) is 9.78 Å². The van der Waals surface area contributed by atoms with Crippen LogP contribution in [0.3, 0.4) is 0 Å². The van der Waals surface area contributed by atoms with E-state index in [2.05, 4.69) is 15.0 Å². The van der Waals surface area contributed by atoms with Crippen LogP contribution in [0, 0.1) is 0 Å². The number of carbonyl (C=O) groups excluding carboxylic acids is 1. The third-order valence-corrected chi connectivity index (χ3v) is 2.96. The summed E-state index contributed by atoms with van der Waals surface area (Å²) >= 11 is 0. The molecule has 92 valence electrons. The Hall–Kier alpha value is -2.62. The molecule has 4 heteroatoms. The predicted molar refractivity (Wildman–Crippen MR) is 71.8 cm³/mol. The molecule has 1 aromatic carbocycles. The maximum absolute atomic E-state index is 12.1. The lowest BCUT2D eigenvalue weighted by Gasteiger charge is -2.04. The van der Waals surface area contributed by atoms with E-state index in [9.17, 15) is 4.79 Å².